The van der Waals surface area contributed by atoms with Crippen molar-refractivity contribution in [2.24, 2.45) is 0 Å². The van der Waals surface area contributed by atoms with E-state index in [-0.39, 0.29) is 17.4 Å². The summed E-state index contributed by atoms with van der Waals surface area (Å²) in [5, 5.41) is 19.1. The molecule has 7 heteroatoms. The number of benzene rings is 2. The maximum atomic E-state index is 11.1. The molecule has 0 radical (unpaired) electrons. The normalized spacial score (nSPS) is 18.4. The number of nitrogens with zero attached hydrogens (tertiary/aromatic N) is 1. The summed E-state index contributed by atoms with van der Waals surface area (Å²) in [6, 6.07) is 14.7. The quantitative estimate of drug-likeness (QED) is 0.592. The average Bonchev–Trinajstić information content (AvgIpc) is 3.37. The molecular weight excluding hydrogens is 410 g/mol. The van der Waals surface area contributed by atoms with Gasteiger partial charge in [-0.1, -0.05) is 12.1 Å². The number of furan rings is 1. The van der Waals surface area contributed by atoms with Gasteiger partial charge in [-0.3, -0.25) is 4.90 Å². The lowest BCUT2D eigenvalue weighted by Crippen LogP contribution is -2.22. The van der Waals surface area contributed by atoms with Crippen LogP contribution in [0.3, 0.4) is 0 Å². The number of carboxylic acid groups (broad SMARTS) is 1. The minimum absolute atomic E-state index is 0.129. The Hall–Kier alpha value is -3.45. The highest BCUT2D eigenvalue weighted by Gasteiger charge is 2.28. The maximum absolute atomic E-state index is 11.1. The second-order valence-corrected chi connectivity index (χ2v) is 8.19. The third-order valence-electron chi connectivity index (χ3n) is 6.05. The van der Waals surface area contributed by atoms with Crippen LogP contribution < -0.4 is 9.47 Å². The van der Waals surface area contributed by atoms with Crippen LogP contribution in [0.2, 0.25) is 0 Å². The molecule has 0 amide bonds. The zero-order chi connectivity index (χ0) is 22.1. The molecule has 1 fully saturated rings. The minimum Gasteiger partial charge on any atom is -0.507 e. The number of carboxylic acids is 1. The predicted octanol–water partition coefficient (Wildman–Crippen LogP) is 4.85. The number of phenols is 1. The average molecular weight is 435 g/mol. The molecule has 1 atom stereocenters. The first-order chi connectivity index (χ1) is 15.6. The van der Waals surface area contributed by atoms with Crippen LogP contribution in [0.4, 0.5) is 0 Å². The van der Waals surface area contributed by atoms with Gasteiger partial charge in [0.2, 0.25) is 0 Å². The summed E-state index contributed by atoms with van der Waals surface area (Å²) in [7, 11) is 0. The van der Waals surface area contributed by atoms with E-state index in [1.165, 1.54) is 17.7 Å². The summed E-state index contributed by atoms with van der Waals surface area (Å²) in [6.45, 7) is 2.99. The van der Waals surface area contributed by atoms with Gasteiger partial charge in [-0.05, 0) is 61.3 Å². The van der Waals surface area contributed by atoms with Gasteiger partial charge >= 0.3 is 5.97 Å². The molecule has 5 rings (SSSR count). The number of aromatic hydroxyl groups is 1. The van der Waals surface area contributed by atoms with Crippen LogP contribution in [0.1, 0.15) is 47.0 Å². The lowest BCUT2D eigenvalue weighted by molar-refractivity contribution is 0.0693. The molecule has 2 aromatic carbocycles. The fourth-order valence-corrected chi connectivity index (χ4v) is 4.46. The maximum Gasteiger partial charge on any atom is 0.339 e. The van der Waals surface area contributed by atoms with Crippen LogP contribution in [0.5, 0.6) is 17.2 Å². The topological polar surface area (TPSA) is 92.4 Å². The number of hydrogen-bond donors (Lipinski definition) is 2. The molecule has 0 bridgehead atoms. The Labute approximate surface area is 185 Å². The van der Waals surface area contributed by atoms with Gasteiger partial charge in [0.1, 0.15) is 22.8 Å². The fourth-order valence-electron chi connectivity index (χ4n) is 4.46. The van der Waals surface area contributed by atoms with E-state index in [9.17, 15) is 9.90 Å². The largest absolute Gasteiger partial charge is 0.507 e. The second kappa shape index (κ2) is 8.59. The monoisotopic (exact) mass is 435 g/mol. The first-order valence-corrected chi connectivity index (χ1v) is 10.9. The van der Waals surface area contributed by atoms with E-state index in [0.29, 0.717) is 31.1 Å². The van der Waals surface area contributed by atoms with E-state index in [0.717, 1.165) is 43.1 Å². The highest BCUT2D eigenvalue weighted by atomic mass is 16.5. The molecule has 0 aliphatic carbocycles. The molecule has 7 nitrogen and oxygen atoms in total. The van der Waals surface area contributed by atoms with Crippen molar-refractivity contribution in [3.8, 4) is 28.6 Å². The van der Waals surface area contributed by atoms with Gasteiger partial charge < -0.3 is 24.1 Å². The zero-order valence-electron chi connectivity index (χ0n) is 17.6. The Morgan fingerprint density at radius 3 is 2.66 bits per heavy atom. The molecule has 1 saturated heterocycles. The Kier molecular flexibility index (Phi) is 5.49. The van der Waals surface area contributed by atoms with Gasteiger partial charge in [0.05, 0.1) is 19.8 Å². The van der Waals surface area contributed by atoms with Gasteiger partial charge in [0.15, 0.2) is 11.5 Å². The number of ether oxygens (including phenoxy) is 2. The third kappa shape index (κ3) is 4.03. The molecule has 3 heterocycles. The number of carbonyl (C=O) groups is 1. The van der Waals surface area contributed by atoms with Crippen LogP contribution in [0.15, 0.2) is 52.9 Å². The van der Waals surface area contributed by atoms with Gasteiger partial charge in [-0.15, -0.1) is 0 Å². The molecule has 0 saturated carbocycles. The second-order valence-electron chi connectivity index (χ2n) is 8.19. The molecule has 0 spiro atoms. The fraction of sp³-hybridized carbons (Fsp3) is 0.320. The van der Waals surface area contributed by atoms with Crippen LogP contribution in [0.25, 0.3) is 11.3 Å². The van der Waals surface area contributed by atoms with Crippen molar-refractivity contribution < 1.29 is 28.9 Å². The van der Waals surface area contributed by atoms with Gasteiger partial charge in [0.25, 0.3) is 0 Å². The van der Waals surface area contributed by atoms with Crippen molar-refractivity contribution in [2.45, 2.75) is 31.8 Å². The van der Waals surface area contributed by atoms with Crippen LogP contribution >= 0.6 is 0 Å². The molecule has 1 aromatic heterocycles. The standard InChI is InChI=1S/C25H25NO6/c27-21-13-17(4-7-19(21)25(28)29)22-9-6-18(32-22)15-26-10-1-3-20(26)16-5-8-23-24(14-16)31-12-2-11-30-23/h4-9,13-14,20,27H,1-3,10-12,15H2,(H,28,29)/t20-/m0/s1. The number of likely N-dealkylation sites (tertiary alicyclic amines) is 1. The van der Waals surface area contributed by atoms with Crippen LogP contribution in [-0.4, -0.2) is 40.8 Å². The number of rotatable bonds is 5. The summed E-state index contributed by atoms with van der Waals surface area (Å²) in [6.07, 6.45) is 3.06. The molecule has 2 aliphatic heterocycles. The third-order valence-corrected chi connectivity index (χ3v) is 6.05. The van der Waals surface area contributed by atoms with E-state index in [1.807, 2.05) is 18.2 Å². The number of hydrogen-bond acceptors (Lipinski definition) is 6. The lowest BCUT2D eigenvalue weighted by atomic mass is 10.0. The Balaban J connectivity index is 1.32. The van der Waals surface area contributed by atoms with Crippen molar-refractivity contribution >= 4 is 5.97 Å². The first kappa shape index (κ1) is 20.5. The summed E-state index contributed by atoms with van der Waals surface area (Å²) in [4.78, 5) is 13.5. The summed E-state index contributed by atoms with van der Waals surface area (Å²) >= 11 is 0. The Bertz CT molecular complexity index is 1140. The number of aromatic carboxylic acids is 1. The highest BCUT2D eigenvalue weighted by Crippen LogP contribution is 2.39. The zero-order valence-corrected chi connectivity index (χ0v) is 17.6. The van der Waals surface area contributed by atoms with E-state index < -0.39 is 5.97 Å². The Morgan fingerprint density at radius 1 is 1.00 bits per heavy atom. The predicted molar refractivity (Wildman–Crippen MR) is 117 cm³/mol. The van der Waals surface area contributed by atoms with Gasteiger partial charge in [0, 0.05) is 18.0 Å². The first-order valence-electron chi connectivity index (χ1n) is 10.9. The van der Waals surface area contributed by atoms with Crippen LogP contribution in [-0.2, 0) is 6.54 Å². The van der Waals surface area contributed by atoms with Crippen molar-refractivity contribution in [3.05, 3.63) is 65.4 Å². The van der Waals surface area contributed by atoms with Gasteiger partial charge in [-0.25, -0.2) is 4.79 Å². The van der Waals surface area contributed by atoms with Gasteiger partial charge in [-0.2, -0.15) is 0 Å². The molecule has 2 aliphatic rings. The SMILES string of the molecule is O=C(O)c1ccc(-c2ccc(CN3CCC[C@H]3c3ccc4c(c3)OCCCO4)o2)cc1O. The minimum atomic E-state index is -1.16. The molecule has 0 unspecified atom stereocenters. The van der Waals surface area contributed by atoms with Crippen molar-refractivity contribution in [3.63, 3.8) is 0 Å². The van der Waals surface area contributed by atoms with Crippen molar-refractivity contribution in [1.29, 1.82) is 0 Å². The van der Waals surface area contributed by atoms with Crippen molar-refractivity contribution in [1.82, 2.24) is 4.90 Å². The summed E-state index contributed by atoms with van der Waals surface area (Å²) in [5.41, 5.74) is 1.72. The molecule has 3 aromatic rings. The van der Waals surface area contributed by atoms with E-state index in [1.54, 1.807) is 6.07 Å². The lowest BCUT2D eigenvalue weighted by Gasteiger charge is -2.24. The molecule has 2 N–H and O–H groups in total. The summed E-state index contributed by atoms with van der Waals surface area (Å²) < 4.78 is 17.7. The van der Waals surface area contributed by atoms with E-state index >= 15 is 0 Å². The molecule has 32 heavy (non-hydrogen) atoms. The van der Waals surface area contributed by atoms with E-state index in [2.05, 4.69) is 17.0 Å². The highest BCUT2D eigenvalue weighted by molar-refractivity contribution is 5.91. The summed E-state index contributed by atoms with van der Waals surface area (Å²) in [5.74, 6) is 1.60. The van der Waals surface area contributed by atoms with E-state index in [4.69, 9.17) is 19.0 Å². The Morgan fingerprint density at radius 2 is 1.84 bits per heavy atom. The van der Waals surface area contributed by atoms with Crippen molar-refractivity contribution in [2.75, 3.05) is 19.8 Å². The molecule has 166 valence electrons. The molecular formula is C25H25NO6. The number of fused-ring (bicyclic) bond motifs is 1. The van der Waals surface area contributed by atoms with Crippen LogP contribution in [0, 0.1) is 0 Å². The smallest absolute Gasteiger partial charge is 0.339 e.